The van der Waals surface area contributed by atoms with Gasteiger partial charge < -0.3 is 16.2 Å². The molecular weight excluding hydrogens is 224 g/mol. The Balaban J connectivity index is 2.51. The fourth-order valence-corrected chi connectivity index (χ4v) is 2.00. The van der Waals surface area contributed by atoms with E-state index >= 15 is 0 Å². The highest BCUT2D eigenvalue weighted by Crippen LogP contribution is 2.18. The standard InChI is InChI=1S/C11H20N2O2S/c1-7(10(12)16)11(15)13-8-5-3-2-4-6-9(8)14/h7-9,14H,2-6H2,1H3,(H2,12,16)(H,13,15). The zero-order valence-electron chi connectivity index (χ0n) is 9.61. The summed E-state index contributed by atoms with van der Waals surface area (Å²) in [6.07, 6.45) is 4.34. The van der Waals surface area contributed by atoms with Crippen molar-refractivity contribution in [3.05, 3.63) is 0 Å². The molecule has 1 fully saturated rings. The Labute approximate surface area is 102 Å². The van der Waals surface area contributed by atoms with Crippen LogP contribution in [0.4, 0.5) is 0 Å². The lowest BCUT2D eigenvalue weighted by Gasteiger charge is -2.23. The molecule has 1 aliphatic rings. The van der Waals surface area contributed by atoms with E-state index in [-0.39, 0.29) is 16.9 Å². The zero-order chi connectivity index (χ0) is 12.1. The molecule has 0 bridgehead atoms. The number of aliphatic hydroxyl groups excluding tert-OH is 1. The van der Waals surface area contributed by atoms with Gasteiger partial charge in [-0.25, -0.2) is 0 Å². The summed E-state index contributed by atoms with van der Waals surface area (Å²) in [6.45, 7) is 1.68. The van der Waals surface area contributed by atoms with Gasteiger partial charge in [0.25, 0.3) is 0 Å². The zero-order valence-corrected chi connectivity index (χ0v) is 10.4. The number of amides is 1. The Bertz CT molecular complexity index is 271. The number of carbonyl (C=O) groups is 1. The van der Waals surface area contributed by atoms with Crippen LogP contribution in [0.15, 0.2) is 0 Å². The maximum Gasteiger partial charge on any atom is 0.229 e. The van der Waals surface area contributed by atoms with Crippen molar-refractivity contribution in [3.8, 4) is 0 Å². The summed E-state index contributed by atoms with van der Waals surface area (Å²) < 4.78 is 0. The van der Waals surface area contributed by atoms with E-state index in [2.05, 4.69) is 5.32 Å². The fourth-order valence-electron chi connectivity index (χ4n) is 1.89. The topological polar surface area (TPSA) is 75.3 Å². The average molecular weight is 244 g/mol. The van der Waals surface area contributed by atoms with Gasteiger partial charge in [-0.3, -0.25) is 4.79 Å². The molecule has 3 atom stereocenters. The minimum atomic E-state index is -0.467. The van der Waals surface area contributed by atoms with Gasteiger partial charge in [-0.15, -0.1) is 0 Å². The second-order valence-corrected chi connectivity index (χ2v) is 4.92. The molecule has 0 heterocycles. The number of hydrogen-bond donors (Lipinski definition) is 3. The van der Waals surface area contributed by atoms with E-state index in [1.54, 1.807) is 6.92 Å². The van der Waals surface area contributed by atoms with E-state index in [4.69, 9.17) is 18.0 Å². The van der Waals surface area contributed by atoms with Crippen LogP contribution >= 0.6 is 12.2 Å². The molecule has 3 unspecified atom stereocenters. The molecular formula is C11H20N2O2S. The Morgan fingerprint density at radius 1 is 1.44 bits per heavy atom. The molecule has 0 aromatic heterocycles. The first-order valence-electron chi connectivity index (χ1n) is 5.80. The molecule has 0 aromatic carbocycles. The van der Waals surface area contributed by atoms with Crippen LogP contribution in [-0.2, 0) is 4.79 Å². The van der Waals surface area contributed by atoms with Crippen molar-refractivity contribution < 1.29 is 9.90 Å². The summed E-state index contributed by atoms with van der Waals surface area (Å²) in [4.78, 5) is 11.9. The predicted molar refractivity (Wildman–Crippen MR) is 67.0 cm³/mol. The van der Waals surface area contributed by atoms with Crippen molar-refractivity contribution in [2.75, 3.05) is 0 Å². The highest BCUT2D eigenvalue weighted by molar-refractivity contribution is 7.80. The monoisotopic (exact) mass is 244 g/mol. The van der Waals surface area contributed by atoms with Crippen LogP contribution in [0, 0.1) is 5.92 Å². The Kier molecular flexibility index (Phi) is 5.15. The van der Waals surface area contributed by atoms with Crippen LogP contribution in [-0.4, -0.2) is 28.1 Å². The van der Waals surface area contributed by atoms with Crippen LogP contribution in [0.1, 0.15) is 39.0 Å². The van der Waals surface area contributed by atoms with Crippen molar-refractivity contribution in [1.29, 1.82) is 0 Å². The van der Waals surface area contributed by atoms with Gasteiger partial charge in [0, 0.05) is 0 Å². The van der Waals surface area contributed by atoms with Crippen LogP contribution in [0.2, 0.25) is 0 Å². The maximum absolute atomic E-state index is 11.7. The largest absolute Gasteiger partial charge is 0.393 e. The summed E-state index contributed by atoms with van der Waals surface area (Å²) in [7, 11) is 0. The first-order chi connectivity index (χ1) is 7.52. The third kappa shape index (κ3) is 3.72. The molecule has 4 N–H and O–H groups in total. The average Bonchev–Trinajstić information content (AvgIpc) is 2.43. The first kappa shape index (κ1) is 13.4. The highest BCUT2D eigenvalue weighted by Gasteiger charge is 2.25. The molecule has 1 saturated carbocycles. The van der Waals surface area contributed by atoms with Gasteiger partial charge in [-0.2, -0.15) is 0 Å². The third-order valence-corrected chi connectivity index (χ3v) is 3.48. The van der Waals surface area contributed by atoms with Crippen LogP contribution < -0.4 is 11.1 Å². The molecule has 5 heteroatoms. The van der Waals surface area contributed by atoms with Gasteiger partial charge in [0.15, 0.2) is 0 Å². The predicted octanol–water partition coefficient (Wildman–Crippen LogP) is 0.718. The number of aliphatic hydroxyl groups is 1. The van der Waals surface area contributed by atoms with Gasteiger partial charge in [0.1, 0.15) is 0 Å². The lowest BCUT2D eigenvalue weighted by molar-refractivity contribution is -0.124. The van der Waals surface area contributed by atoms with Gasteiger partial charge >= 0.3 is 0 Å². The number of nitrogens with two attached hydrogens (primary N) is 1. The summed E-state index contributed by atoms with van der Waals surface area (Å²) >= 11 is 4.77. The lowest BCUT2D eigenvalue weighted by atomic mass is 10.0. The van der Waals surface area contributed by atoms with E-state index in [0.29, 0.717) is 0 Å². The molecule has 0 aromatic rings. The Morgan fingerprint density at radius 3 is 2.69 bits per heavy atom. The summed E-state index contributed by atoms with van der Waals surface area (Å²) in [5.74, 6) is -0.649. The first-order valence-corrected chi connectivity index (χ1v) is 6.21. The number of rotatable bonds is 3. The molecule has 4 nitrogen and oxygen atoms in total. The van der Waals surface area contributed by atoms with Crippen molar-refractivity contribution in [1.82, 2.24) is 5.32 Å². The van der Waals surface area contributed by atoms with Crippen molar-refractivity contribution in [3.63, 3.8) is 0 Å². The van der Waals surface area contributed by atoms with E-state index in [1.807, 2.05) is 0 Å². The van der Waals surface area contributed by atoms with Crippen LogP contribution in [0.5, 0.6) is 0 Å². The molecule has 16 heavy (non-hydrogen) atoms. The van der Waals surface area contributed by atoms with Crippen LogP contribution in [0.25, 0.3) is 0 Å². The molecule has 0 spiro atoms. The van der Waals surface area contributed by atoms with Crippen molar-refractivity contribution >= 4 is 23.1 Å². The van der Waals surface area contributed by atoms with Crippen molar-refractivity contribution in [2.24, 2.45) is 11.7 Å². The quantitative estimate of drug-likeness (QED) is 0.505. The SMILES string of the molecule is CC(C(=O)NC1CCCCCC1O)C(N)=S. The number of hydrogen-bond acceptors (Lipinski definition) is 3. The Hall–Kier alpha value is -0.680. The van der Waals surface area contributed by atoms with Crippen LogP contribution in [0.3, 0.4) is 0 Å². The number of carbonyl (C=O) groups excluding carboxylic acids is 1. The second-order valence-electron chi connectivity index (χ2n) is 4.44. The molecule has 0 aliphatic heterocycles. The van der Waals surface area contributed by atoms with Gasteiger partial charge in [0.05, 0.1) is 23.1 Å². The summed E-state index contributed by atoms with van der Waals surface area (Å²) in [5, 5.41) is 12.7. The van der Waals surface area contributed by atoms with Gasteiger partial charge in [-0.05, 0) is 19.8 Å². The Morgan fingerprint density at radius 2 is 2.06 bits per heavy atom. The number of thiocarbonyl (C=S) groups is 1. The van der Waals surface area contributed by atoms with E-state index in [0.717, 1.165) is 32.1 Å². The molecule has 0 saturated heterocycles. The lowest BCUT2D eigenvalue weighted by Crippen LogP contribution is -2.46. The minimum Gasteiger partial charge on any atom is -0.393 e. The summed E-state index contributed by atoms with van der Waals surface area (Å²) in [6, 6.07) is -0.146. The fraction of sp³-hybridized carbons (Fsp3) is 0.818. The summed E-state index contributed by atoms with van der Waals surface area (Å²) in [5.41, 5.74) is 5.42. The van der Waals surface area contributed by atoms with Gasteiger partial charge in [-0.1, -0.05) is 31.5 Å². The molecule has 1 aliphatic carbocycles. The third-order valence-electron chi connectivity index (χ3n) is 3.13. The molecule has 92 valence electrons. The van der Waals surface area contributed by atoms with E-state index in [1.165, 1.54) is 0 Å². The maximum atomic E-state index is 11.7. The molecule has 1 rings (SSSR count). The van der Waals surface area contributed by atoms with Crippen molar-refractivity contribution in [2.45, 2.75) is 51.2 Å². The smallest absolute Gasteiger partial charge is 0.229 e. The normalized spacial score (nSPS) is 27.9. The minimum absolute atomic E-state index is 0.146. The van der Waals surface area contributed by atoms with Gasteiger partial charge in [0.2, 0.25) is 5.91 Å². The van der Waals surface area contributed by atoms with E-state index in [9.17, 15) is 9.90 Å². The second kappa shape index (κ2) is 6.15. The molecule has 1 amide bonds. The number of nitrogens with one attached hydrogen (secondary N) is 1. The molecule has 0 radical (unpaired) electrons. The highest BCUT2D eigenvalue weighted by atomic mass is 32.1. The van der Waals surface area contributed by atoms with E-state index < -0.39 is 12.0 Å².